The molecule has 7 N–H and O–H groups in total. The SMILES string of the molecule is COc1ccc([C@H]2OC[C@@](Cc3ccc(O[C@@H]4O[C@H](CO[C@@H]5C[C@@H](O)[C@H](O)[C@@H](CO)O5)[C@@H](O)[C@H](O)[C@H]4O)c(OC)c3)(OC(C)=O)[C@@H]2CO)cc1OC. The van der Waals surface area contributed by atoms with Crippen molar-refractivity contribution in [2.24, 2.45) is 5.92 Å². The minimum atomic E-state index is -1.71. The Balaban J connectivity index is 1.31. The highest BCUT2D eigenvalue weighted by Gasteiger charge is 2.53. The van der Waals surface area contributed by atoms with Crippen molar-refractivity contribution in [3.05, 3.63) is 47.5 Å². The lowest BCUT2D eigenvalue weighted by Crippen LogP contribution is -2.60. The van der Waals surface area contributed by atoms with Crippen LogP contribution in [-0.4, -0.2) is 150 Å². The van der Waals surface area contributed by atoms with Crippen LogP contribution in [0.25, 0.3) is 0 Å². The zero-order valence-electron chi connectivity index (χ0n) is 29.3. The first kappa shape index (κ1) is 39.9. The number of carbonyl (C=O) groups is 1. The Labute approximate surface area is 300 Å². The fourth-order valence-electron chi connectivity index (χ4n) is 6.88. The molecule has 0 bridgehead atoms. The van der Waals surface area contributed by atoms with Gasteiger partial charge in [-0.25, -0.2) is 0 Å². The molecule has 3 saturated heterocycles. The molecule has 3 aliphatic rings. The van der Waals surface area contributed by atoms with Gasteiger partial charge in [-0.15, -0.1) is 0 Å². The Hall–Kier alpha value is -3.33. The second-order valence-corrected chi connectivity index (χ2v) is 13.0. The monoisotopic (exact) mass is 740 g/mol. The Morgan fingerprint density at radius 3 is 2.15 bits per heavy atom. The van der Waals surface area contributed by atoms with Crippen LogP contribution >= 0.6 is 0 Å². The van der Waals surface area contributed by atoms with Crippen molar-refractivity contribution >= 4 is 5.97 Å². The van der Waals surface area contributed by atoms with Gasteiger partial charge >= 0.3 is 5.97 Å². The van der Waals surface area contributed by atoms with Crippen molar-refractivity contribution in [1.82, 2.24) is 0 Å². The largest absolute Gasteiger partial charge is 0.493 e. The summed E-state index contributed by atoms with van der Waals surface area (Å²) in [6.07, 6.45) is -13.1. The van der Waals surface area contributed by atoms with Crippen molar-refractivity contribution < 1.29 is 83.2 Å². The van der Waals surface area contributed by atoms with Gasteiger partial charge in [-0.1, -0.05) is 12.1 Å². The molecule has 0 unspecified atom stereocenters. The lowest BCUT2D eigenvalue weighted by Gasteiger charge is -2.41. The molecule has 290 valence electrons. The first-order valence-electron chi connectivity index (χ1n) is 16.8. The van der Waals surface area contributed by atoms with Gasteiger partial charge < -0.3 is 78.4 Å². The number of benzene rings is 2. The molecule has 0 amide bonds. The summed E-state index contributed by atoms with van der Waals surface area (Å²) in [5.41, 5.74) is 0.0226. The topological polar surface area (TPSA) is 242 Å². The van der Waals surface area contributed by atoms with E-state index in [0.29, 0.717) is 22.6 Å². The summed E-state index contributed by atoms with van der Waals surface area (Å²) in [7, 11) is 4.41. The van der Waals surface area contributed by atoms with Crippen molar-refractivity contribution in [2.45, 2.75) is 86.8 Å². The maximum absolute atomic E-state index is 12.4. The van der Waals surface area contributed by atoms with E-state index in [4.69, 9.17) is 42.6 Å². The predicted molar refractivity (Wildman–Crippen MR) is 176 cm³/mol. The molecule has 0 radical (unpaired) electrons. The third kappa shape index (κ3) is 8.40. The van der Waals surface area contributed by atoms with Crippen LogP contribution in [0.5, 0.6) is 23.0 Å². The molecule has 3 aliphatic heterocycles. The maximum atomic E-state index is 12.4. The van der Waals surface area contributed by atoms with E-state index in [1.165, 1.54) is 34.3 Å². The number of aliphatic hydroxyl groups is 7. The second kappa shape index (κ2) is 17.2. The van der Waals surface area contributed by atoms with Crippen LogP contribution in [0.3, 0.4) is 0 Å². The number of aliphatic hydroxyl groups excluding tert-OH is 7. The van der Waals surface area contributed by atoms with Gasteiger partial charge in [0.15, 0.2) is 29.3 Å². The van der Waals surface area contributed by atoms with Gasteiger partial charge in [0.1, 0.15) is 42.2 Å². The number of carbonyl (C=O) groups excluding carboxylic acids is 1. The first-order valence-corrected chi connectivity index (χ1v) is 16.8. The zero-order chi connectivity index (χ0) is 37.7. The average Bonchev–Trinajstić information content (AvgIpc) is 3.49. The molecule has 52 heavy (non-hydrogen) atoms. The lowest BCUT2D eigenvalue weighted by molar-refractivity contribution is -0.302. The summed E-state index contributed by atoms with van der Waals surface area (Å²) in [5.74, 6) is 0.0164. The summed E-state index contributed by atoms with van der Waals surface area (Å²) in [5, 5.41) is 72.1. The summed E-state index contributed by atoms with van der Waals surface area (Å²) in [6, 6.07) is 10.1. The highest BCUT2D eigenvalue weighted by molar-refractivity contribution is 5.67. The molecule has 3 heterocycles. The molecule has 12 atom stereocenters. The number of ether oxygens (including phenoxy) is 9. The van der Waals surface area contributed by atoms with Crippen LogP contribution in [0.15, 0.2) is 36.4 Å². The van der Waals surface area contributed by atoms with Crippen LogP contribution in [0, 0.1) is 5.92 Å². The Morgan fingerprint density at radius 1 is 0.808 bits per heavy atom. The van der Waals surface area contributed by atoms with E-state index in [1.807, 2.05) is 0 Å². The minimum Gasteiger partial charge on any atom is -0.493 e. The van der Waals surface area contributed by atoms with Gasteiger partial charge in [0.05, 0.1) is 65.9 Å². The predicted octanol–water partition coefficient (Wildman–Crippen LogP) is -1.03. The third-order valence-electron chi connectivity index (χ3n) is 9.63. The molecule has 0 spiro atoms. The molecule has 0 aliphatic carbocycles. The molecular weight excluding hydrogens is 692 g/mol. The summed E-state index contributed by atoms with van der Waals surface area (Å²) < 4.78 is 51.3. The number of hydrogen-bond donors (Lipinski definition) is 7. The summed E-state index contributed by atoms with van der Waals surface area (Å²) >= 11 is 0. The van der Waals surface area contributed by atoms with Gasteiger partial charge in [-0.05, 0) is 35.4 Å². The number of rotatable bonds is 14. The van der Waals surface area contributed by atoms with Gasteiger partial charge in [0, 0.05) is 19.8 Å². The van der Waals surface area contributed by atoms with Crippen molar-refractivity contribution in [3.63, 3.8) is 0 Å². The lowest BCUT2D eigenvalue weighted by atomic mass is 9.80. The fraction of sp³-hybridized carbons (Fsp3) is 0.629. The second-order valence-electron chi connectivity index (χ2n) is 13.0. The van der Waals surface area contributed by atoms with E-state index >= 15 is 0 Å². The van der Waals surface area contributed by atoms with Crippen LogP contribution in [0.2, 0.25) is 0 Å². The number of methoxy groups -OCH3 is 3. The van der Waals surface area contributed by atoms with E-state index in [-0.39, 0.29) is 44.2 Å². The molecular formula is C35H48O17. The van der Waals surface area contributed by atoms with Crippen molar-refractivity contribution in [2.75, 3.05) is 47.8 Å². The summed E-state index contributed by atoms with van der Waals surface area (Å²) in [6.45, 7) is -0.0722. The standard InChI is InChI=1S/C35H48O17/c1-17(38)52-35(16-48-33(20(35)13-36)19-6-8-22(44-2)25(10-19)46-4)12-18-5-7-23(24(9-18)45-3)50-34-32(43)31(42)30(41)27(51-34)15-47-28-11-21(39)29(40)26(14-37)49-28/h5-10,20-21,26-34,36-37,39-43H,11-16H2,1-4H3/t20-,21-,26-,27-,28+,29+,30-,31+,32-,33-,34-,35-/m1/s1. The van der Waals surface area contributed by atoms with E-state index in [2.05, 4.69) is 0 Å². The number of hydrogen-bond acceptors (Lipinski definition) is 17. The Kier molecular flexibility index (Phi) is 13.2. The first-order chi connectivity index (χ1) is 24.9. The minimum absolute atomic E-state index is 0.0325. The molecule has 2 aromatic carbocycles. The Bertz CT molecular complexity index is 1490. The van der Waals surface area contributed by atoms with Crippen LogP contribution in [-0.2, 0) is 34.9 Å². The van der Waals surface area contributed by atoms with Crippen LogP contribution in [0.4, 0.5) is 0 Å². The van der Waals surface area contributed by atoms with Gasteiger partial charge in [-0.3, -0.25) is 4.79 Å². The van der Waals surface area contributed by atoms with E-state index < -0.39 is 85.5 Å². The van der Waals surface area contributed by atoms with Crippen molar-refractivity contribution in [3.8, 4) is 23.0 Å². The van der Waals surface area contributed by atoms with Crippen LogP contribution in [0.1, 0.15) is 30.6 Å². The van der Waals surface area contributed by atoms with Gasteiger partial charge in [0.25, 0.3) is 0 Å². The molecule has 17 nitrogen and oxygen atoms in total. The van der Waals surface area contributed by atoms with Gasteiger partial charge in [0.2, 0.25) is 6.29 Å². The quantitative estimate of drug-likeness (QED) is 0.115. The third-order valence-corrected chi connectivity index (χ3v) is 9.63. The average molecular weight is 741 g/mol. The normalized spacial score (nSPS) is 34.8. The molecule has 3 fully saturated rings. The van der Waals surface area contributed by atoms with Crippen LogP contribution < -0.4 is 18.9 Å². The molecule has 0 aromatic heterocycles. The highest BCUT2D eigenvalue weighted by Crippen LogP contribution is 2.47. The van der Waals surface area contributed by atoms with E-state index in [0.717, 1.165) is 0 Å². The van der Waals surface area contributed by atoms with E-state index in [9.17, 15) is 40.5 Å². The zero-order valence-corrected chi connectivity index (χ0v) is 29.3. The highest BCUT2D eigenvalue weighted by atomic mass is 16.7. The molecule has 5 rings (SSSR count). The molecule has 2 aromatic rings. The Morgan fingerprint density at radius 2 is 1.50 bits per heavy atom. The van der Waals surface area contributed by atoms with Crippen molar-refractivity contribution in [1.29, 1.82) is 0 Å². The summed E-state index contributed by atoms with van der Waals surface area (Å²) in [4.78, 5) is 12.4. The smallest absolute Gasteiger partial charge is 0.303 e. The molecule has 0 saturated carbocycles. The maximum Gasteiger partial charge on any atom is 0.303 e. The molecule has 17 heteroatoms. The number of esters is 1. The fourth-order valence-corrected chi connectivity index (χ4v) is 6.88. The van der Waals surface area contributed by atoms with E-state index in [1.54, 1.807) is 30.3 Å². The van der Waals surface area contributed by atoms with Gasteiger partial charge in [-0.2, -0.15) is 0 Å².